The number of nitro groups is 1. The zero-order chi connectivity index (χ0) is 13.7. The highest BCUT2D eigenvalue weighted by Gasteiger charge is 2.20. The topological polar surface area (TPSA) is 117 Å². The number of thioether (sulfide) groups is 1. The van der Waals surface area contributed by atoms with Crippen LogP contribution >= 0.6 is 11.8 Å². The molecule has 1 aromatic heterocycles. The molecule has 0 aliphatic rings. The largest absolute Gasteiger partial charge is 0.480 e. The van der Waals surface area contributed by atoms with Gasteiger partial charge in [-0.2, -0.15) is 5.26 Å². The van der Waals surface area contributed by atoms with Gasteiger partial charge >= 0.3 is 5.97 Å². The second-order valence-electron chi connectivity index (χ2n) is 3.27. The molecule has 0 radical (unpaired) electrons. The highest BCUT2D eigenvalue weighted by Crippen LogP contribution is 2.28. The molecule has 0 bridgehead atoms. The van der Waals surface area contributed by atoms with Crippen molar-refractivity contribution < 1.29 is 14.8 Å². The number of aromatic nitrogens is 1. The van der Waals surface area contributed by atoms with Gasteiger partial charge in [0.15, 0.2) is 0 Å². The van der Waals surface area contributed by atoms with Crippen LogP contribution in [-0.2, 0) is 4.79 Å². The third-order valence-corrected chi connectivity index (χ3v) is 3.44. The lowest BCUT2D eigenvalue weighted by atomic mass is 10.3. The number of nitriles is 1. The number of nitrogens with zero attached hydrogens (tertiary/aromatic N) is 3. The van der Waals surface area contributed by atoms with Crippen molar-refractivity contribution in [2.75, 3.05) is 0 Å². The van der Waals surface area contributed by atoms with E-state index in [4.69, 9.17) is 10.4 Å². The molecule has 1 rings (SSSR count). The van der Waals surface area contributed by atoms with Crippen molar-refractivity contribution in [3.05, 3.63) is 27.9 Å². The Hall–Kier alpha value is -2.14. The summed E-state index contributed by atoms with van der Waals surface area (Å²) in [6.07, 6.45) is 1.38. The smallest absolute Gasteiger partial charge is 0.317 e. The Labute approximate surface area is 107 Å². The number of carbonyl (C=O) groups is 1. The molecule has 0 aromatic carbocycles. The van der Waals surface area contributed by atoms with E-state index in [2.05, 4.69) is 4.98 Å². The molecule has 1 aromatic rings. The summed E-state index contributed by atoms with van der Waals surface area (Å²) in [5.74, 6) is -1.01. The van der Waals surface area contributed by atoms with Crippen molar-refractivity contribution in [1.82, 2.24) is 4.98 Å². The van der Waals surface area contributed by atoms with E-state index in [0.717, 1.165) is 24.0 Å². The highest BCUT2D eigenvalue weighted by atomic mass is 32.2. The summed E-state index contributed by atoms with van der Waals surface area (Å²) in [6, 6.07) is 2.87. The lowest BCUT2D eigenvalue weighted by Crippen LogP contribution is -2.15. The molecule has 0 fully saturated rings. The first-order chi connectivity index (χ1) is 8.49. The zero-order valence-electron chi connectivity index (χ0n) is 9.36. The lowest BCUT2D eigenvalue weighted by Gasteiger charge is -2.09. The van der Waals surface area contributed by atoms with E-state index in [9.17, 15) is 14.9 Å². The van der Waals surface area contributed by atoms with Crippen LogP contribution in [-0.4, -0.2) is 26.2 Å². The molecule has 0 amide bonds. The molecule has 94 valence electrons. The van der Waals surface area contributed by atoms with Crippen LogP contribution < -0.4 is 0 Å². The Bertz CT molecular complexity index is 526. The summed E-state index contributed by atoms with van der Waals surface area (Å²) >= 11 is 0.913. The fourth-order valence-corrected chi connectivity index (χ4v) is 2.04. The summed E-state index contributed by atoms with van der Waals surface area (Å²) in [5, 5.41) is 27.8. The van der Waals surface area contributed by atoms with E-state index in [1.165, 1.54) is 0 Å². The summed E-state index contributed by atoms with van der Waals surface area (Å²) in [4.78, 5) is 24.5. The van der Waals surface area contributed by atoms with Crippen molar-refractivity contribution in [3.63, 3.8) is 0 Å². The van der Waals surface area contributed by atoms with Gasteiger partial charge in [-0.05, 0) is 6.42 Å². The molecule has 0 saturated heterocycles. The molecule has 1 unspecified atom stereocenters. The van der Waals surface area contributed by atoms with E-state index in [-0.39, 0.29) is 16.3 Å². The van der Waals surface area contributed by atoms with Gasteiger partial charge in [0.2, 0.25) is 0 Å². The Morgan fingerprint density at radius 1 is 1.78 bits per heavy atom. The monoisotopic (exact) mass is 267 g/mol. The van der Waals surface area contributed by atoms with Crippen LogP contribution in [0, 0.1) is 21.4 Å². The molecular weight excluding hydrogens is 258 g/mol. The minimum atomic E-state index is -1.01. The fourth-order valence-electron chi connectivity index (χ4n) is 1.16. The maximum Gasteiger partial charge on any atom is 0.317 e. The van der Waals surface area contributed by atoms with Gasteiger partial charge in [0.1, 0.15) is 22.5 Å². The minimum Gasteiger partial charge on any atom is -0.480 e. The van der Waals surface area contributed by atoms with Crippen LogP contribution in [0.4, 0.5) is 5.69 Å². The first kappa shape index (κ1) is 13.9. The SMILES string of the molecule is CCC(Sc1ncc([N+](=O)[O-])cc1C#N)C(=O)O. The molecule has 1 N–H and O–H groups in total. The third-order valence-electron chi connectivity index (χ3n) is 2.07. The number of rotatable bonds is 5. The van der Waals surface area contributed by atoms with Gasteiger partial charge in [0.05, 0.1) is 10.5 Å². The molecule has 18 heavy (non-hydrogen) atoms. The molecule has 8 heteroatoms. The second kappa shape index (κ2) is 5.97. The van der Waals surface area contributed by atoms with Crippen molar-refractivity contribution in [2.45, 2.75) is 23.6 Å². The minimum absolute atomic E-state index is 0.00824. The van der Waals surface area contributed by atoms with Gasteiger partial charge in [-0.25, -0.2) is 4.98 Å². The number of aliphatic carboxylic acids is 1. The molecule has 0 aliphatic heterocycles. The average Bonchev–Trinajstić information content (AvgIpc) is 2.35. The van der Waals surface area contributed by atoms with Crippen molar-refractivity contribution in [3.8, 4) is 6.07 Å². The number of pyridine rings is 1. The highest BCUT2D eigenvalue weighted by molar-refractivity contribution is 8.00. The Morgan fingerprint density at radius 2 is 2.44 bits per heavy atom. The first-order valence-corrected chi connectivity index (χ1v) is 5.81. The predicted octanol–water partition coefficient (Wildman–Crippen LogP) is 1.82. The van der Waals surface area contributed by atoms with Crippen LogP contribution in [0.5, 0.6) is 0 Å². The molecule has 0 saturated carbocycles. The summed E-state index contributed by atoms with van der Waals surface area (Å²) < 4.78 is 0. The van der Waals surface area contributed by atoms with Crippen LogP contribution in [0.1, 0.15) is 18.9 Å². The lowest BCUT2D eigenvalue weighted by molar-refractivity contribution is -0.385. The van der Waals surface area contributed by atoms with Crippen molar-refractivity contribution >= 4 is 23.4 Å². The summed E-state index contributed by atoms with van der Waals surface area (Å²) in [7, 11) is 0. The number of carboxylic acid groups (broad SMARTS) is 1. The van der Waals surface area contributed by atoms with Gasteiger partial charge in [-0.1, -0.05) is 18.7 Å². The van der Waals surface area contributed by atoms with Crippen LogP contribution in [0.3, 0.4) is 0 Å². The number of carboxylic acids is 1. The quantitative estimate of drug-likeness (QED) is 0.491. The Balaban J connectivity index is 3.07. The molecular formula is C10H9N3O4S. The van der Waals surface area contributed by atoms with Gasteiger partial charge in [0.25, 0.3) is 5.69 Å². The first-order valence-electron chi connectivity index (χ1n) is 4.93. The van der Waals surface area contributed by atoms with E-state index in [0.29, 0.717) is 6.42 Å². The van der Waals surface area contributed by atoms with Crippen molar-refractivity contribution in [1.29, 1.82) is 5.26 Å². The third kappa shape index (κ3) is 3.18. The average molecular weight is 267 g/mol. The van der Waals surface area contributed by atoms with E-state index < -0.39 is 16.1 Å². The van der Waals surface area contributed by atoms with E-state index in [1.54, 1.807) is 13.0 Å². The fraction of sp³-hybridized carbons (Fsp3) is 0.300. The predicted molar refractivity (Wildman–Crippen MR) is 63.2 cm³/mol. The number of hydrogen-bond acceptors (Lipinski definition) is 6. The Morgan fingerprint density at radius 3 is 2.89 bits per heavy atom. The normalized spacial score (nSPS) is 11.6. The maximum atomic E-state index is 10.9. The maximum absolute atomic E-state index is 10.9. The second-order valence-corrected chi connectivity index (χ2v) is 4.46. The van der Waals surface area contributed by atoms with Crippen LogP contribution in [0.2, 0.25) is 0 Å². The standard InChI is InChI=1S/C10H9N3O4S/c1-2-8(10(14)15)18-9-6(4-11)3-7(5-12-9)13(16)17/h3,5,8H,2H2,1H3,(H,14,15). The zero-order valence-corrected chi connectivity index (χ0v) is 10.2. The van der Waals surface area contributed by atoms with Gasteiger partial charge < -0.3 is 5.11 Å². The summed E-state index contributed by atoms with van der Waals surface area (Å²) in [6.45, 7) is 1.70. The molecule has 1 atom stereocenters. The van der Waals surface area contributed by atoms with Gasteiger partial charge in [0, 0.05) is 6.07 Å². The Kier molecular flexibility index (Phi) is 4.62. The summed E-state index contributed by atoms with van der Waals surface area (Å²) in [5.41, 5.74) is -0.284. The van der Waals surface area contributed by atoms with Crippen LogP contribution in [0.15, 0.2) is 17.3 Å². The van der Waals surface area contributed by atoms with Crippen LogP contribution in [0.25, 0.3) is 0 Å². The molecule has 1 heterocycles. The number of hydrogen-bond donors (Lipinski definition) is 1. The van der Waals surface area contributed by atoms with E-state index >= 15 is 0 Å². The molecule has 0 spiro atoms. The van der Waals surface area contributed by atoms with Gasteiger partial charge in [-0.15, -0.1) is 0 Å². The molecule has 0 aliphatic carbocycles. The van der Waals surface area contributed by atoms with Crippen molar-refractivity contribution in [2.24, 2.45) is 0 Å². The van der Waals surface area contributed by atoms with Gasteiger partial charge in [-0.3, -0.25) is 14.9 Å². The molecule has 7 nitrogen and oxygen atoms in total. The van der Waals surface area contributed by atoms with E-state index in [1.807, 2.05) is 0 Å².